The van der Waals surface area contributed by atoms with Gasteiger partial charge in [-0.05, 0) is 44.5 Å². The Kier molecular flexibility index (Phi) is 10.3. The molecule has 0 spiro atoms. The summed E-state index contributed by atoms with van der Waals surface area (Å²) in [6.07, 6.45) is 7.08. The summed E-state index contributed by atoms with van der Waals surface area (Å²) >= 11 is 0. The Morgan fingerprint density at radius 1 is 0.966 bits per heavy atom. The third kappa shape index (κ3) is 7.13. The van der Waals surface area contributed by atoms with E-state index in [0.29, 0.717) is 11.3 Å². The number of nitrogens with zero attached hydrogens (tertiary/aromatic N) is 4. The molecule has 0 saturated heterocycles. The Morgan fingerprint density at radius 2 is 1.48 bits per heavy atom. The number of hydrogen-bond donors (Lipinski definition) is 2. The molecule has 2 aromatic rings. The fourth-order valence-electron chi connectivity index (χ4n) is 2.30. The average molecular weight is 400 g/mol. The lowest BCUT2D eigenvalue weighted by Crippen LogP contribution is -2.30. The smallest absolute Gasteiger partial charge is 0.375 e. The number of esters is 1. The van der Waals surface area contributed by atoms with Crippen LogP contribution < -0.4 is 0 Å². The van der Waals surface area contributed by atoms with Crippen LogP contribution in [0.2, 0.25) is 0 Å². The van der Waals surface area contributed by atoms with Crippen molar-refractivity contribution in [1.29, 1.82) is 0 Å². The van der Waals surface area contributed by atoms with Gasteiger partial charge in [-0.3, -0.25) is 14.8 Å². The maximum absolute atomic E-state index is 11.7. The van der Waals surface area contributed by atoms with Crippen LogP contribution in [0.25, 0.3) is 0 Å². The maximum atomic E-state index is 11.7. The van der Waals surface area contributed by atoms with Gasteiger partial charge in [0, 0.05) is 35.9 Å². The highest BCUT2D eigenvalue weighted by atomic mass is 16.5. The number of ether oxygens (including phenoxy) is 1. The molecule has 1 atom stereocenters. The van der Waals surface area contributed by atoms with E-state index in [9.17, 15) is 9.59 Å². The predicted molar refractivity (Wildman–Crippen MR) is 106 cm³/mol. The summed E-state index contributed by atoms with van der Waals surface area (Å²) in [7, 11) is 0. The van der Waals surface area contributed by atoms with Gasteiger partial charge in [-0.25, -0.2) is 4.79 Å². The molecule has 0 aliphatic rings. The second kappa shape index (κ2) is 12.7. The third-order valence-electron chi connectivity index (χ3n) is 3.83. The number of ketones is 1. The third-order valence-corrected chi connectivity index (χ3v) is 3.83. The molecule has 0 saturated carbocycles. The van der Waals surface area contributed by atoms with Gasteiger partial charge in [-0.1, -0.05) is 17.2 Å². The zero-order valence-corrected chi connectivity index (χ0v) is 16.5. The first-order valence-corrected chi connectivity index (χ1v) is 8.94. The van der Waals surface area contributed by atoms with E-state index < -0.39 is 17.7 Å². The highest BCUT2D eigenvalue weighted by Crippen LogP contribution is 2.11. The number of carbonyl (C=O) groups excluding carboxylic acids is 2. The van der Waals surface area contributed by atoms with E-state index in [4.69, 9.17) is 10.4 Å². The van der Waals surface area contributed by atoms with Crippen LogP contribution in [0, 0.1) is 5.92 Å². The van der Waals surface area contributed by atoms with Crippen LogP contribution in [0.1, 0.15) is 38.3 Å². The first-order chi connectivity index (χ1) is 14.0. The summed E-state index contributed by atoms with van der Waals surface area (Å²) in [5, 5.41) is 23.8. The van der Waals surface area contributed by atoms with E-state index in [1.807, 2.05) is 19.1 Å². The fraction of sp³-hybridized carbons (Fsp3) is 0.300. The first-order valence-electron chi connectivity index (χ1n) is 8.94. The second-order valence-corrected chi connectivity index (χ2v) is 5.66. The van der Waals surface area contributed by atoms with E-state index in [2.05, 4.69) is 25.0 Å². The number of carbonyl (C=O) groups is 2. The van der Waals surface area contributed by atoms with Crippen molar-refractivity contribution in [3.63, 3.8) is 0 Å². The van der Waals surface area contributed by atoms with Gasteiger partial charge in [-0.15, -0.1) is 0 Å². The molecule has 0 bridgehead atoms. The molecule has 2 rings (SSSR count). The van der Waals surface area contributed by atoms with Crippen molar-refractivity contribution in [3.8, 4) is 0 Å². The van der Waals surface area contributed by atoms with E-state index in [-0.39, 0.29) is 12.3 Å². The quantitative estimate of drug-likeness (QED) is 0.240. The Balaban J connectivity index is 0.000000326. The molecule has 9 nitrogen and oxygen atoms in total. The number of hydrogen-bond acceptors (Lipinski definition) is 9. The largest absolute Gasteiger partial charge is 0.460 e. The molecule has 1 unspecified atom stereocenters. The number of pyridine rings is 2. The van der Waals surface area contributed by atoms with E-state index >= 15 is 0 Å². The number of rotatable bonds is 7. The van der Waals surface area contributed by atoms with Gasteiger partial charge in [-0.2, -0.15) is 0 Å². The zero-order valence-electron chi connectivity index (χ0n) is 16.5. The van der Waals surface area contributed by atoms with E-state index in [0.717, 1.165) is 12.0 Å². The molecule has 154 valence electrons. The Hall–Kier alpha value is -3.62. The van der Waals surface area contributed by atoms with Gasteiger partial charge < -0.3 is 15.2 Å². The lowest BCUT2D eigenvalue weighted by molar-refractivity contribution is -0.154. The fourth-order valence-corrected chi connectivity index (χ4v) is 2.30. The molecular formula is C20H24N4O5. The molecule has 2 N–H and O–H groups in total. The summed E-state index contributed by atoms with van der Waals surface area (Å²) in [5.41, 5.74) is 2.24. The molecule has 0 amide bonds. The summed E-state index contributed by atoms with van der Waals surface area (Å²) in [5.74, 6) is -2.56. The molecular weight excluding hydrogens is 376 g/mol. The average Bonchev–Trinajstić information content (AvgIpc) is 2.76. The normalized spacial score (nSPS) is 12.4. The van der Waals surface area contributed by atoms with Crippen molar-refractivity contribution < 1.29 is 24.7 Å². The Bertz CT molecular complexity index is 838. The van der Waals surface area contributed by atoms with Crippen molar-refractivity contribution in [1.82, 2.24) is 9.97 Å². The van der Waals surface area contributed by atoms with E-state index in [1.165, 1.54) is 19.3 Å². The van der Waals surface area contributed by atoms with Crippen LogP contribution in [0.15, 0.2) is 59.4 Å². The van der Waals surface area contributed by atoms with Crippen LogP contribution in [0.3, 0.4) is 0 Å². The molecule has 0 radical (unpaired) electrons. The van der Waals surface area contributed by atoms with Crippen molar-refractivity contribution >= 4 is 23.2 Å². The standard InChI is InChI=1S/C12H14N2O4.C8H10N2O/c1-3-18-12(16)11(15)8(2)10(14-17)9-4-6-13-7-5-9;1-2-8(10-11)7-3-5-9-6-4-7/h4-8,17H,3H2,1-2H3;3-6,11H,2H2,1H3/b14-10-;10-8+. The van der Waals surface area contributed by atoms with Crippen molar-refractivity contribution in [3.05, 3.63) is 60.2 Å². The van der Waals surface area contributed by atoms with Gasteiger partial charge in [0.1, 0.15) is 0 Å². The lowest BCUT2D eigenvalue weighted by atomic mass is 9.95. The molecule has 2 aromatic heterocycles. The summed E-state index contributed by atoms with van der Waals surface area (Å²) in [6, 6.07) is 6.81. The molecule has 0 aromatic carbocycles. The lowest BCUT2D eigenvalue weighted by Gasteiger charge is -2.11. The van der Waals surface area contributed by atoms with Gasteiger partial charge in [0.2, 0.25) is 5.78 Å². The number of oxime groups is 2. The highest BCUT2D eigenvalue weighted by molar-refractivity contribution is 6.39. The summed E-state index contributed by atoms with van der Waals surface area (Å²) in [6.45, 7) is 5.15. The number of Topliss-reactive ketones (excluding diaryl/α,β-unsaturated/α-hetero) is 1. The van der Waals surface area contributed by atoms with Gasteiger partial charge in [0.15, 0.2) is 0 Å². The van der Waals surface area contributed by atoms with Gasteiger partial charge >= 0.3 is 5.97 Å². The van der Waals surface area contributed by atoms with Crippen LogP contribution in [-0.2, 0) is 14.3 Å². The Morgan fingerprint density at radius 3 is 1.90 bits per heavy atom. The monoisotopic (exact) mass is 400 g/mol. The minimum absolute atomic E-state index is 0.107. The second-order valence-electron chi connectivity index (χ2n) is 5.66. The minimum atomic E-state index is -0.930. The first kappa shape index (κ1) is 23.4. The molecule has 0 fully saturated rings. The van der Waals surface area contributed by atoms with Crippen LogP contribution >= 0.6 is 0 Å². The minimum Gasteiger partial charge on any atom is -0.460 e. The van der Waals surface area contributed by atoms with Crippen molar-refractivity contribution in [2.75, 3.05) is 6.61 Å². The summed E-state index contributed by atoms with van der Waals surface area (Å²) in [4.78, 5) is 30.7. The topological polar surface area (TPSA) is 134 Å². The van der Waals surface area contributed by atoms with Crippen LogP contribution in [-0.4, -0.2) is 50.2 Å². The highest BCUT2D eigenvalue weighted by Gasteiger charge is 2.28. The van der Waals surface area contributed by atoms with E-state index in [1.54, 1.807) is 31.5 Å². The molecule has 29 heavy (non-hydrogen) atoms. The molecule has 0 aliphatic heterocycles. The predicted octanol–water partition coefficient (Wildman–Crippen LogP) is 2.70. The number of aromatic nitrogens is 2. The van der Waals surface area contributed by atoms with Crippen LogP contribution in [0.5, 0.6) is 0 Å². The SMILES string of the molecule is CC/C(=N\O)c1ccncc1.CCOC(=O)C(=O)C(C)/C(=N/O)c1ccncc1. The summed E-state index contributed by atoms with van der Waals surface area (Å²) < 4.78 is 4.62. The van der Waals surface area contributed by atoms with Crippen molar-refractivity contribution in [2.45, 2.75) is 27.2 Å². The van der Waals surface area contributed by atoms with Gasteiger partial charge in [0.05, 0.1) is 23.9 Å². The maximum Gasteiger partial charge on any atom is 0.375 e. The van der Waals surface area contributed by atoms with Crippen molar-refractivity contribution in [2.24, 2.45) is 16.2 Å². The molecule has 9 heteroatoms. The molecule has 0 aliphatic carbocycles. The Labute approximate surface area is 168 Å². The molecule has 2 heterocycles. The van der Waals surface area contributed by atoms with Gasteiger partial charge in [0.25, 0.3) is 0 Å². The zero-order chi connectivity index (χ0) is 21.6. The van der Waals surface area contributed by atoms with Crippen LogP contribution in [0.4, 0.5) is 0 Å².